The number of carbonyl (C=O) groups excluding carboxylic acids is 1. The van der Waals surface area contributed by atoms with Crippen molar-refractivity contribution in [2.45, 2.75) is 44.9 Å². The molecule has 2 N–H and O–H groups in total. The lowest BCUT2D eigenvalue weighted by molar-refractivity contribution is 0.0995. The fourth-order valence-electron chi connectivity index (χ4n) is 2.95. The van der Waals surface area contributed by atoms with Crippen LogP contribution < -0.4 is 10.1 Å². The number of hydrazone groups is 1. The fraction of sp³-hybridized carbons (Fsp3) is 0.250. The summed E-state index contributed by atoms with van der Waals surface area (Å²) in [6.07, 6.45) is 0. The number of nitrogens with one attached hydrogen (secondary N) is 2. The average molecular weight is 454 g/mol. The zero-order chi connectivity index (χ0) is 23.5. The molecule has 0 aliphatic rings. The number of hydrogen-bond acceptors (Lipinski definition) is 5. The third kappa shape index (κ3) is 5.64. The number of anilines is 1. The minimum atomic E-state index is -3.81. The van der Waals surface area contributed by atoms with E-state index >= 15 is 0 Å². The standard InChI is InChI=1S/C24H27N3O4S/c1-16-9-14-22(31-16)23(28)25-20-8-6-7-18(15-20)17(2)26-27-32(29,30)21-12-10-19(11-13-21)24(3,4)5/h6-15,27H,1-5H3,(H,25,28)/b26-17-. The number of rotatable bonds is 6. The highest BCUT2D eigenvalue weighted by Gasteiger charge is 2.17. The second kappa shape index (κ2) is 9.00. The molecular formula is C24H27N3O4S. The first-order valence-corrected chi connectivity index (χ1v) is 11.6. The Bertz CT molecular complexity index is 1250. The largest absolute Gasteiger partial charge is 0.456 e. The molecule has 0 saturated carbocycles. The third-order valence-corrected chi connectivity index (χ3v) is 6.09. The smallest absolute Gasteiger partial charge is 0.291 e. The normalized spacial score (nSPS) is 12.5. The summed E-state index contributed by atoms with van der Waals surface area (Å²) in [7, 11) is -3.81. The minimum absolute atomic E-state index is 0.0688. The second-order valence-electron chi connectivity index (χ2n) is 8.51. The lowest BCUT2D eigenvalue weighted by Crippen LogP contribution is -2.20. The van der Waals surface area contributed by atoms with E-state index in [-0.39, 0.29) is 22.0 Å². The minimum Gasteiger partial charge on any atom is -0.456 e. The Morgan fingerprint density at radius 2 is 1.69 bits per heavy atom. The molecule has 1 heterocycles. The van der Waals surface area contributed by atoms with Crippen LogP contribution in [0.4, 0.5) is 5.69 Å². The molecule has 0 aliphatic carbocycles. The van der Waals surface area contributed by atoms with Crippen molar-refractivity contribution in [1.82, 2.24) is 4.83 Å². The fourth-order valence-corrected chi connectivity index (χ4v) is 3.81. The predicted octanol–water partition coefficient (Wildman–Crippen LogP) is 4.84. The molecule has 0 spiro atoms. The van der Waals surface area contributed by atoms with Gasteiger partial charge in [-0.05, 0) is 66.8 Å². The van der Waals surface area contributed by atoms with Crippen LogP contribution in [0.2, 0.25) is 0 Å². The Kier molecular flexibility index (Phi) is 6.55. The van der Waals surface area contributed by atoms with Crippen LogP contribution in [0, 0.1) is 6.92 Å². The first-order chi connectivity index (χ1) is 15.0. The van der Waals surface area contributed by atoms with Crippen LogP contribution in [0.25, 0.3) is 0 Å². The molecule has 3 rings (SSSR count). The van der Waals surface area contributed by atoms with E-state index in [4.69, 9.17) is 4.42 Å². The van der Waals surface area contributed by atoms with Gasteiger partial charge >= 0.3 is 0 Å². The molecule has 8 heteroatoms. The van der Waals surface area contributed by atoms with Crippen molar-refractivity contribution in [3.63, 3.8) is 0 Å². The summed E-state index contributed by atoms with van der Waals surface area (Å²) in [6, 6.07) is 17.0. The number of furan rings is 1. The van der Waals surface area contributed by atoms with Gasteiger partial charge < -0.3 is 9.73 Å². The number of amides is 1. The average Bonchev–Trinajstić information content (AvgIpc) is 3.18. The van der Waals surface area contributed by atoms with Crippen molar-refractivity contribution in [2.24, 2.45) is 5.10 Å². The second-order valence-corrected chi connectivity index (χ2v) is 10.2. The topological polar surface area (TPSA) is 101 Å². The maximum absolute atomic E-state index is 12.6. The number of aryl methyl sites for hydroxylation is 1. The summed E-state index contributed by atoms with van der Waals surface area (Å²) in [6.45, 7) is 9.64. The van der Waals surface area contributed by atoms with Gasteiger partial charge in [-0.2, -0.15) is 18.4 Å². The van der Waals surface area contributed by atoms with E-state index in [1.54, 1.807) is 74.5 Å². The van der Waals surface area contributed by atoms with Crippen molar-refractivity contribution in [3.8, 4) is 0 Å². The van der Waals surface area contributed by atoms with E-state index in [1.165, 1.54) is 0 Å². The van der Waals surface area contributed by atoms with Crippen LogP contribution in [-0.4, -0.2) is 20.0 Å². The zero-order valence-electron chi connectivity index (χ0n) is 18.8. The lowest BCUT2D eigenvalue weighted by Gasteiger charge is -2.19. The molecule has 0 bridgehead atoms. The van der Waals surface area contributed by atoms with Crippen molar-refractivity contribution < 1.29 is 17.6 Å². The van der Waals surface area contributed by atoms with Crippen LogP contribution in [0.1, 0.15) is 55.1 Å². The highest BCUT2D eigenvalue weighted by molar-refractivity contribution is 7.89. The Labute approximate surface area is 188 Å². The summed E-state index contributed by atoms with van der Waals surface area (Å²) < 4.78 is 30.6. The predicted molar refractivity (Wildman–Crippen MR) is 126 cm³/mol. The van der Waals surface area contributed by atoms with Gasteiger partial charge in [0.1, 0.15) is 5.76 Å². The lowest BCUT2D eigenvalue weighted by atomic mass is 9.87. The van der Waals surface area contributed by atoms with Gasteiger partial charge in [-0.1, -0.05) is 45.0 Å². The highest BCUT2D eigenvalue weighted by atomic mass is 32.2. The number of carbonyl (C=O) groups is 1. The summed E-state index contributed by atoms with van der Waals surface area (Å²) in [5.41, 5.74) is 2.62. The molecule has 0 fully saturated rings. The molecule has 32 heavy (non-hydrogen) atoms. The zero-order valence-corrected chi connectivity index (χ0v) is 19.6. The first-order valence-electron chi connectivity index (χ1n) is 10.1. The molecule has 0 saturated heterocycles. The van der Waals surface area contributed by atoms with Crippen molar-refractivity contribution in [2.75, 3.05) is 5.32 Å². The molecule has 0 atom stereocenters. The SMILES string of the molecule is C/C(=N/NS(=O)(=O)c1ccc(C(C)(C)C)cc1)c1cccc(NC(=O)c2ccc(C)o2)c1. The maximum Gasteiger partial charge on any atom is 0.291 e. The number of hydrogen-bond donors (Lipinski definition) is 2. The number of sulfonamides is 1. The molecular weight excluding hydrogens is 426 g/mol. The Balaban J connectivity index is 1.73. The van der Waals surface area contributed by atoms with Gasteiger partial charge in [0.2, 0.25) is 0 Å². The Hall–Kier alpha value is -3.39. The monoisotopic (exact) mass is 453 g/mol. The van der Waals surface area contributed by atoms with Crippen LogP contribution in [0.15, 0.2) is 75.1 Å². The van der Waals surface area contributed by atoms with Crippen LogP contribution in [0.5, 0.6) is 0 Å². The van der Waals surface area contributed by atoms with Crippen LogP contribution >= 0.6 is 0 Å². The third-order valence-electron chi connectivity index (χ3n) is 4.87. The van der Waals surface area contributed by atoms with Crippen LogP contribution in [-0.2, 0) is 15.4 Å². The molecule has 0 aliphatic heterocycles. The molecule has 0 radical (unpaired) electrons. The number of benzene rings is 2. The quantitative estimate of drug-likeness (QED) is 0.412. The molecule has 1 amide bonds. The van der Waals surface area contributed by atoms with E-state index in [9.17, 15) is 13.2 Å². The highest BCUT2D eigenvalue weighted by Crippen LogP contribution is 2.23. The van der Waals surface area contributed by atoms with Crippen molar-refractivity contribution >= 4 is 27.3 Å². The van der Waals surface area contributed by atoms with Crippen molar-refractivity contribution in [3.05, 3.63) is 83.3 Å². The van der Waals surface area contributed by atoms with Gasteiger partial charge in [-0.25, -0.2) is 0 Å². The molecule has 168 valence electrons. The van der Waals surface area contributed by atoms with Gasteiger partial charge in [0.25, 0.3) is 15.9 Å². The van der Waals surface area contributed by atoms with Crippen LogP contribution in [0.3, 0.4) is 0 Å². The summed E-state index contributed by atoms with van der Waals surface area (Å²) in [5, 5.41) is 6.80. The van der Waals surface area contributed by atoms with E-state index in [0.29, 0.717) is 22.7 Å². The summed E-state index contributed by atoms with van der Waals surface area (Å²) >= 11 is 0. The van der Waals surface area contributed by atoms with Gasteiger partial charge in [0.15, 0.2) is 5.76 Å². The van der Waals surface area contributed by atoms with E-state index in [1.807, 2.05) is 0 Å². The summed E-state index contributed by atoms with van der Waals surface area (Å²) in [4.78, 5) is 14.7. The van der Waals surface area contributed by atoms with Gasteiger partial charge in [-0.15, -0.1) is 0 Å². The molecule has 0 unspecified atom stereocenters. The van der Waals surface area contributed by atoms with Gasteiger partial charge in [-0.3, -0.25) is 4.79 Å². The van der Waals surface area contributed by atoms with E-state index in [2.05, 4.69) is 36.0 Å². The maximum atomic E-state index is 12.6. The Morgan fingerprint density at radius 3 is 2.28 bits per heavy atom. The molecule has 1 aromatic heterocycles. The first kappa shape index (κ1) is 23.3. The van der Waals surface area contributed by atoms with Crippen molar-refractivity contribution in [1.29, 1.82) is 0 Å². The van der Waals surface area contributed by atoms with Gasteiger partial charge in [0, 0.05) is 5.69 Å². The number of nitrogens with zero attached hydrogens (tertiary/aromatic N) is 1. The molecule has 2 aromatic carbocycles. The Morgan fingerprint density at radius 1 is 1.00 bits per heavy atom. The molecule has 3 aromatic rings. The van der Waals surface area contributed by atoms with E-state index in [0.717, 1.165) is 5.56 Å². The van der Waals surface area contributed by atoms with Gasteiger partial charge in [0.05, 0.1) is 10.6 Å². The summed E-state index contributed by atoms with van der Waals surface area (Å²) in [5.74, 6) is 0.486. The molecule has 7 nitrogen and oxygen atoms in total. The van der Waals surface area contributed by atoms with E-state index < -0.39 is 10.0 Å².